The van der Waals surface area contributed by atoms with Crippen molar-refractivity contribution in [1.82, 2.24) is 0 Å². The second-order valence-electron chi connectivity index (χ2n) is 18.5. The van der Waals surface area contributed by atoms with E-state index in [9.17, 15) is 34.5 Å². The number of esters is 3. The Labute approximate surface area is 417 Å². The van der Waals surface area contributed by atoms with Crippen molar-refractivity contribution in [2.45, 2.75) is 263 Å². The van der Waals surface area contributed by atoms with Crippen molar-refractivity contribution in [3.05, 3.63) is 60.8 Å². The van der Waals surface area contributed by atoms with Crippen LogP contribution in [-0.2, 0) is 42.9 Å². The van der Waals surface area contributed by atoms with Gasteiger partial charge in [0.15, 0.2) is 24.6 Å². The summed E-state index contributed by atoms with van der Waals surface area (Å²) in [6, 6.07) is 0. The van der Waals surface area contributed by atoms with E-state index < -0.39 is 67.3 Å². The fourth-order valence-corrected chi connectivity index (χ4v) is 7.88. The highest BCUT2D eigenvalue weighted by molar-refractivity contribution is 5.74. The highest BCUT2D eigenvalue weighted by atomic mass is 16.7. The molecule has 0 aromatic rings. The number of carbonyl (C=O) groups is 4. The highest BCUT2D eigenvalue weighted by Gasteiger charge is 2.50. The van der Waals surface area contributed by atoms with Crippen molar-refractivity contribution in [3.63, 3.8) is 0 Å². The van der Waals surface area contributed by atoms with Crippen LogP contribution in [0.25, 0.3) is 0 Å². The number of rotatable bonds is 45. The van der Waals surface area contributed by atoms with Gasteiger partial charge >= 0.3 is 23.9 Å². The number of aliphatic carboxylic acids is 1. The summed E-state index contributed by atoms with van der Waals surface area (Å²) in [5.41, 5.74) is 0. The van der Waals surface area contributed by atoms with Crippen molar-refractivity contribution in [1.29, 1.82) is 0 Å². The number of aliphatic hydroxyl groups is 2. The van der Waals surface area contributed by atoms with Gasteiger partial charge in [0.05, 0.1) is 6.61 Å². The summed E-state index contributed by atoms with van der Waals surface area (Å²) in [5, 5.41) is 31.3. The monoisotopic (exact) mass is 973 g/mol. The topological polar surface area (TPSA) is 175 Å². The first-order valence-electron chi connectivity index (χ1n) is 27.3. The molecular weight excluding hydrogens is 877 g/mol. The number of allylic oxidation sites excluding steroid dienone is 10. The third-order valence-electron chi connectivity index (χ3n) is 12.1. The number of hydrogen-bond donors (Lipinski definition) is 3. The molecule has 1 fully saturated rings. The van der Waals surface area contributed by atoms with E-state index in [0.717, 1.165) is 109 Å². The van der Waals surface area contributed by atoms with Crippen LogP contribution in [0.2, 0.25) is 0 Å². The Kier molecular flexibility index (Phi) is 41.9. The fourth-order valence-electron chi connectivity index (χ4n) is 7.88. The molecule has 1 saturated heterocycles. The predicted octanol–water partition coefficient (Wildman–Crippen LogP) is 13.2. The van der Waals surface area contributed by atoms with E-state index in [1.807, 2.05) is 0 Å². The van der Waals surface area contributed by atoms with E-state index in [-0.39, 0.29) is 25.9 Å². The zero-order chi connectivity index (χ0) is 50.4. The van der Waals surface area contributed by atoms with Gasteiger partial charge in [-0.05, 0) is 83.5 Å². The predicted molar refractivity (Wildman–Crippen MR) is 275 cm³/mol. The first kappa shape index (κ1) is 63.4. The van der Waals surface area contributed by atoms with Crippen LogP contribution in [-0.4, -0.2) is 89.2 Å². The second-order valence-corrected chi connectivity index (χ2v) is 18.5. The minimum absolute atomic E-state index is 0.0567. The van der Waals surface area contributed by atoms with Crippen LogP contribution in [0.5, 0.6) is 0 Å². The quantitative estimate of drug-likeness (QED) is 0.0228. The largest absolute Gasteiger partial charge is 0.479 e. The zero-order valence-electron chi connectivity index (χ0n) is 43.3. The van der Waals surface area contributed by atoms with Gasteiger partial charge in [0.2, 0.25) is 0 Å². The smallest absolute Gasteiger partial charge is 0.335 e. The Morgan fingerprint density at radius 3 is 1.43 bits per heavy atom. The summed E-state index contributed by atoms with van der Waals surface area (Å²) < 4.78 is 28.3. The standard InChI is InChI=1S/C57H96O12/c1-4-7-10-13-16-19-22-24-25-27-29-31-34-37-40-43-49(58)65-46-48(67-50(59)44-41-38-35-33-30-26-23-20-17-14-11-8-5-2)47-66-57-55(53(62)52(61)54(69-57)56(63)64)68-51(60)45-42-39-36-32-28-21-18-15-12-9-6-3/h8,11,16-17,19-20,24-26,30,48,52-55,57,61-62H,4-7,9-10,12-15,18,21-23,27-29,31-47H2,1-3H3,(H,63,64)/b11-8-,19-16-,20-17-,25-24-,30-26-. The molecule has 0 amide bonds. The molecule has 0 spiro atoms. The number of unbranched alkanes of at least 4 members (excludes halogenated alkanes) is 21. The molecule has 1 aliphatic rings. The fraction of sp³-hybridized carbons (Fsp3) is 0.754. The maximum Gasteiger partial charge on any atom is 0.335 e. The van der Waals surface area contributed by atoms with Crippen molar-refractivity contribution < 1.29 is 58.2 Å². The Morgan fingerprint density at radius 1 is 0.493 bits per heavy atom. The van der Waals surface area contributed by atoms with Gasteiger partial charge in [0.1, 0.15) is 18.8 Å². The Morgan fingerprint density at radius 2 is 0.913 bits per heavy atom. The van der Waals surface area contributed by atoms with Crippen LogP contribution in [0, 0.1) is 0 Å². The number of carboxylic acid groups (broad SMARTS) is 1. The molecule has 0 aromatic heterocycles. The summed E-state index contributed by atoms with van der Waals surface area (Å²) in [5.74, 6) is -3.18. The summed E-state index contributed by atoms with van der Waals surface area (Å²) in [7, 11) is 0. The van der Waals surface area contributed by atoms with Gasteiger partial charge in [-0.25, -0.2) is 4.79 Å². The zero-order valence-corrected chi connectivity index (χ0v) is 43.3. The molecular formula is C57H96O12. The number of aliphatic hydroxyl groups excluding tert-OH is 2. The molecule has 3 N–H and O–H groups in total. The third kappa shape index (κ3) is 36.1. The van der Waals surface area contributed by atoms with Crippen LogP contribution >= 0.6 is 0 Å². The van der Waals surface area contributed by atoms with Crippen molar-refractivity contribution in [2.75, 3.05) is 13.2 Å². The van der Waals surface area contributed by atoms with E-state index in [0.29, 0.717) is 19.3 Å². The molecule has 1 aliphatic heterocycles. The molecule has 0 aromatic carbocycles. The molecule has 12 heteroatoms. The Balaban J connectivity index is 2.75. The number of hydrogen-bond acceptors (Lipinski definition) is 11. The van der Waals surface area contributed by atoms with Crippen LogP contribution in [0.3, 0.4) is 0 Å². The van der Waals surface area contributed by atoms with E-state index in [1.54, 1.807) is 0 Å². The second kappa shape index (κ2) is 45.6. The van der Waals surface area contributed by atoms with Crippen LogP contribution in [0.15, 0.2) is 60.8 Å². The molecule has 6 unspecified atom stereocenters. The number of carbonyl (C=O) groups excluding carboxylic acids is 3. The summed E-state index contributed by atoms with van der Waals surface area (Å²) in [6.45, 7) is 5.78. The maximum atomic E-state index is 13.1. The van der Waals surface area contributed by atoms with Crippen molar-refractivity contribution in [2.24, 2.45) is 0 Å². The Hall–Kier alpha value is -3.58. The minimum Gasteiger partial charge on any atom is -0.479 e. The van der Waals surface area contributed by atoms with E-state index in [4.69, 9.17) is 23.7 Å². The molecule has 12 nitrogen and oxygen atoms in total. The lowest BCUT2D eigenvalue weighted by Crippen LogP contribution is -2.61. The molecule has 0 saturated carbocycles. The highest BCUT2D eigenvalue weighted by Crippen LogP contribution is 2.26. The molecule has 0 radical (unpaired) electrons. The van der Waals surface area contributed by atoms with E-state index in [1.165, 1.54) is 57.8 Å². The summed E-state index contributed by atoms with van der Waals surface area (Å²) >= 11 is 0. The first-order valence-corrected chi connectivity index (χ1v) is 27.3. The van der Waals surface area contributed by atoms with Crippen LogP contribution in [0.4, 0.5) is 0 Å². The van der Waals surface area contributed by atoms with Crippen LogP contribution in [0.1, 0.15) is 226 Å². The Bertz CT molecular complexity index is 1440. The summed E-state index contributed by atoms with van der Waals surface area (Å²) in [4.78, 5) is 50.9. The molecule has 6 atom stereocenters. The maximum absolute atomic E-state index is 13.1. The van der Waals surface area contributed by atoms with Gasteiger partial charge in [-0.2, -0.15) is 0 Å². The van der Waals surface area contributed by atoms with Gasteiger partial charge in [-0.15, -0.1) is 0 Å². The lowest BCUT2D eigenvalue weighted by Gasteiger charge is -2.40. The average Bonchev–Trinajstić information content (AvgIpc) is 3.33. The van der Waals surface area contributed by atoms with E-state index >= 15 is 0 Å². The van der Waals surface area contributed by atoms with Crippen LogP contribution < -0.4 is 0 Å². The van der Waals surface area contributed by atoms with Crippen molar-refractivity contribution in [3.8, 4) is 0 Å². The first-order chi connectivity index (χ1) is 33.6. The van der Waals surface area contributed by atoms with Gasteiger partial charge < -0.3 is 39.0 Å². The minimum atomic E-state index is -1.91. The van der Waals surface area contributed by atoms with Gasteiger partial charge in [-0.3, -0.25) is 14.4 Å². The molecule has 1 rings (SSSR count). The molecule has 1 heterocycles. The third-order valence-corrected chi connectivity index (χ3v) is 12.1. The molecule has 396 valence electrons. The number of carboxylic acids is 1. The molecule has 0 bridgehead atoms. The number of ether oxygens (including phenoxy) is 5. The van der Waals surface area contributed by atoms with Crippen molar-refractivity contribution >= 4 is 23.9 Å². The van der Waals surface area contributed by atoms with Gasteiger partial charge in [0.25, 0.3) is 0 Å². The molecule has 0 aliphatic carbocycles. The SMILES string of the molecule is CC/C=C\C/C=C\C/C=C\CCCCCC(=O)OC(COC(=O)CCCCCCC/C=C\C/C=C\CCCCC)COC1OC(C(=O)O)C(O)C(O)C1OC(=O)CCCCCCCCCCCCC. The normalized spacial score (nSPS) is 19.1. The van der Waals surface area contributed by atoms with Gasteiger partial charge in [-0.1, -0.05) is 184 Å². The average molecular weight is 973 g/mol. The molecule has 69 heavy (non-hydrogen) atoms. The summed E-state index contributed by atoms with van der Waals surface area (Å²) in [6.07, 6.45) is 42.1. The lowest BCUT2D eigenvalue weighted by molar-refractivity contribution is -0.301. The van der Waals surface area contributed by atoms with Gasteiger partial charge in [0, 0.05) is 19.3 Å². The lowest BCUT2D eigenvalue weighted by atomic mass is 9.98. The van der Waals surface area contributed by atoms with E-state index in [2.05, 4.69) is 81.5 Å².